The third kappa shape index (κ3) is 4.20. The van der Waals surface area contributed by atoms with Crippen LogP contribution in [-0.2, 0) is 6.54 Å². The molecule has 3 aromatic heterocycles. The SMILES string of the molecule is CNc1nc2ccccc2c2c1nc(-c1ccccc1)n2CCCCNC(=O)c1cccnc1. The van der Waals surface area contributed by atoms with Crippen molar-refractivity contribution in [3.8, 4) is 11.4 Å². The van der Waals surface area contributed by atoms with E-state index in [-0.39, 0.29) is 5.91 Å². The summed E-state index contributed by atoms with van der Waals surface area (Å²) < 4.78 is 2.29. The molecule has 7 heteroatoms. The highest BCUT2D eigenvalue weighted by Crippen LogP contribution is 2.33. The number of nitrogens with one attached hydrogen (secondary N) is 2. The van der Waals surface area contributed by atoms with E-state index in [0.29, 0.717) is 12.1 Å². The Morgan fingerprint density at radius 3 is 2.56 bits per heavy atom. The molecule has 2 aromatic carbocycles. The largest absolute Gasteiger partial charge is 0.371 e. The molecule has 34 heavy (non-hydrogen) atoms. The van der Waals surface area contributed by atoms with Crippen molar-refractivity contribution in [2.24, 2.45) is 0 Å². The van der Waals surface area contributed by atoms with Gasteiger partial charge in [0, 0.05) is 43.5 Å². The van der Waals surface area contributed by atoms with Gasteiger partial charge in [0.15, 0.2) is 5.82 Å². The number of anilines is 1. The van der Waals surface area contributed by atoms with Crippen molar-refractivity contribution in [3.05, 3.63) is 84.7 Å². The van der Waals surface area contributed by atoms with Crippen LogP contribution in [-0.4, -0.2) is 39.0 Å². The predicted molar refractivity (Wildman–Crippen MR) is 136 cm³/mol. The van der Waals surface area contributed by atoms with E-state index in [1.807, 2.05) is 43.4 Å². The van der Waals surface area contributed by atoms with E-state index < -0.39 is 0 Å². The van der Waals surface area contributed by atoms with Crippen LogP contribution in [0.1, 0.15) is 23.2 Å². The number of rotatable bonds is 8. The Morgan fingerprint density at radius 2 is 1.76 bits per heavy atom. The van der Waals surface area contributed by atoms with Crippen LogP contribution in [0, 0.1) is 0 Å². The smallest absolute Gasteiger partial charge is 0.252 e. The van der Waals surface area contributed by atoms with Crippen molar-refractivity contribution in [1.29, 1.82) is 0 Å². The highest BCUT2D eigenvalue weighted by atomic mass is 16.1. The molecule has 0 aliphatic carbocycles. The number of amides is 1. The van der Waals surface area contributed by atoms with Gasteiger partial charge in [0.05, 0.1) is 16.6 Å². The Labute approximate surface area is 197 Å². The van der Waals surface area contributed by atoms with Gasteiger partial charge in [0.25, 0.3) is 5.91 Å². The predicted octanol–water partition coefficient (Wildman–Crippen LogP) is 4.90. The number of nitrogens with zero attached hydrogens (tertiary/aromatic N) is 4. The lowest BCUT2D eigenvalue weighted by molar-refractivity contribution is 0.0952. The summed E-state index contributed by atoms with van der Waals surface area (Å²) in [5.74, 6) is 1.60. The molecule has 3 heterocycles. The number of aryl methyl sites for hydroxylation is 1. The molecule has 170 valence electrons. The molecule has 5 rings (SSSR count). The highest BCUT2D eigenvalue weighted by Gasteiger charge is 2.18. The number of para-hydroxylation sites is 1. The summed E-state index contributed by atoms with van der Waals surface area (Å²) in [4.78, 5) is 26.1. The first-order valence-electron chi connectivity index (χ1n) is 11.5. The number of hydrogen-bond acceptors (Lipinski definition) is 5. The molecule has 7 nitrogen and oxygen atoms in total. The summed E-state index contributed by atoms with van der Waals surface area (Å²) in [6.45, 7) is 1.38. The Hall–Kier alpha value is -4.26. The number of carbonyl (C=O) groups is 1. The van der Waals surface area contributed by atoms with E-state index in [2.05, 4.69) is 38.4 Å². The molecule has 1 amide bonds. The van der Waals surface area contributed by atoms with Crippen LogP contribution in [0.2, 0.25) is 0 Å². The van der Waals surface area contributed by atoms with Gasteiger partial charge in [-0.3, -0.25) is 9.78 Å². The molecular weight excluding hydrogens is 424 g/mol. The number of carbonyl (C=O) groups excluding carboxylic acids is 1. The van der Waals surface area contributed by atoms with Crippen LogP contribution in [0.4, 0.5) is 5.82 Å². The van der Waals surface area contributed by atoms with Crippen molar-refractivity contribution in [2.45, 2.75) is 19.4 Å². The molecule has 0 atom stereocenters. The van der Waals surface area contributed by atoms with Crippen LogP contribution >= 0.6 is 0 Å². The van der Waals surface area contributed by atoms with Crippen LogP contribution in [0.3, 0.4) is 0 Å². The molecule has 2 N–H and O–H groups in total. The molecule has 5 aromatic rings. The van der Waals surface area contributed by atoms with E-state index in [1.54, 1.807) is 24.5 Å². The first kappa shape index (κ1) is 21.6. The molecule has 0 aliphatic heterocycles. The number of unbranched alkanes of at least 4 members (excludes halogenated alkanes) is 1. The van der Waals surface area contributed by atoms with E-state index >= 15 is 0 Å². The average molecular weight is 451 g/mol. The summed E-state index contributed by atoms with van der Waals surface area (Å²) in [6.07, 6.45) is 4.98. The minimum Gasteiger partial charge on any atom is -0.371 e. The van der Waals surface area contributed by atoms with Gasteiger partial charge in [0.1, 0.15) is 11.3 Å². The Morgan fingerprint density at radius 1 is 0.941 bits per heavy atom. The Bertz CT molecular complexity index is 1430. The zero-order valence-electron chi connectivity index (χ0n) is 19.0. The summed E-state index contributed by atoms with van der Waals surface area (Å²) >= 11 is 0. The lowest BCUT2D eigenvalue weighted by Gasteiger charge is -2.12. The second-order valence-corrected chi connectivity index (χ2v) is 8.08. The van der Waals surface area contributed by atoms with Gasteiger partial charge in [-0.2, -0.15) is 0 Å². The van der Waals surface area contributed by atoms with Gasteiger partial charge in [-0.05, 0) is 31.0 Å². The van der Waals surface area contributed by atoms with Crippen LogP contribution in [0.15, 0.2) is 79.1 Å². The normalized spacial score (nSPS) is 11.1. The average Bonchev–Trinajstić information content (AvgIpc) is 3.28. The zero-order valence-corrected chi connectivity index (χ0v) is 19.0. The molecule has 0 unspecified atom stereocenters. The topological polar surface area (TPSA) is 84.7 Å². The Kier molecular flexibility index (Phi) is 6.16. The number of benzene rings is 2. The fourth-order valence-corrected chi connectivity index (χ4v) is 4.23. The molecular formula is C27H26N6O. The maximum Gasteiger partial charge on any atom is 0.252 e. The summed E-state index contributed by atoms with van der Waals surface area (Å²) in [5.41, 5.74) is 4.52. The number of aromatic nitrogens is 4. The van der Waals surface area contributed by atoms with Crippen LogP contribution in [0.25, 0.3) is 33.3 Å². The number of hydrogen-bond donors (Lipinski definition) is 2. The molecule has 0 bridgehead atoms. The summed E-state index contributed by atoms with van der Waals surface area (Å²) in [5, 5.41) is 7.29. The monoisotopic (exact) mass is 450 g/mol. The zero-order chi connectivity index (χ0) is 23.3. The number of fused-ring (bicyclic) bond motifs is 3. The molecule has 0 saturated heterocycles. The van der Waals surface area contributed by atoms with Gasteiger partial charge in [-0.25, -0.2) is 9.97 Å². The maximum absolute atomic E-state index is 12.3. The molecule has 0 saturated carbocycles. The lowest BCUT2D eigenvalue weighted by atomic mass is 10.1. The second kappa shape index (κ2) is 9.70. The molecule has 0 spiro atoms. The lowest BCUT2D eigenvalue weighted by Crippen LogP contribution is -2.24. The maximum atomic E-state index is 12.3. The van der Waals surface area contributed by atoms with Crippen molar-refractivity contribution < 1.29 is 4.79 Å². The fraction of sp³-hybridized carbons (Fsp3) is 0.185. The minimum atomic E-state index is -0.0955. The summed E-state index contributed by atoms with van der Waals surface area (Å²) in [7, 11) is 1.88. The molecule has 0 fully saturated rings. The van der Waals surface area contributed by atoms with Gasteiger partial charge in [0.2, 0.25) is 0 Å². The van der Waals surface area contributed by atoms with Crippen LogP contribution < -0.4 is 10.6 Å². The Balaban J connectivity index is 1.44. The second-order valence-electron chi connectivity index (χ2n) is 8.08. The standard InChI is InChI=1S/C27H26N6O/c1-28-25-23-24(21-13-5-6-14-22(21)31-25)33(26(32-23)19-10-3-2-4-11-19)17-8-7-16-30-27(34)20-12-9-15-29-18-20/h2-6,9-15,18H,7-8,16-17H2,1H3,(H,28,31)(H,30,34). The van der Waals surface area contributed by atoms with Crippen LogP contribution in [0.5, 0.6) is 0 Å². The first-order valence-corrected chi connectivity index (χ1v) is 11.5. The van der Waals surface area contributed by atoms with E-state index in [1.165, 1.54) is 0 Å². The third-order valence-electron chi connectivity index (χ3n) is 5.87. The number of pyridine rings is 2. The summed E-state index contributed by atoms with van der Waals surface area (Å²) in [6, 6.07) is 21.9. The van der Waals surface area contributed by atoms with Gasteiger partial charge >= 0.3 is 0 Å². The van der Waals surface area contributed by atoms with Gasteiger partial charge < -0.3 is 15.2 Å². The van der Waals surface area contributed by atoms with E-state index in [9.17, 15) is 4.79 Å². The fourth-order valence-electron chi connectivity index (χ4n) is 4.23. The highest BCUT2D eigenvalue weighted by molar-refractivity contribution is 6.08. The van der Waals surface area contributed by atoms with Crippen molar-refractivity contribution in [1.82, 2.24) is 24.8 Å². The van der Waals surface area contributed by atoms with Gasteiger partial charge in [-0.15, -0.1) is 0 Å². The minimum absolute atomic E-state index is 0.0955. The van der Waals surface area contributed by atoms with E-state index in [0.717, 1.165) is 58.5 Å². The quantitative estimate of drug-likeness (QED) is 0.329. The number of imidazole rings is 1. The van der Waals surface area contributed by atoms with Gasteiger partial charge in [-0.1, -0.05) is 48.5 Å². The molecule has 0 radical (unpaired) electrons. The first-order chi connectivity index (χ1) is 16.8. The molecule has 0 aliphatic rings. The van der Waals surface area contributed by atoms with Crippen molar-refractivity contribution in [3.63, 3.8) is 0 Å². The van der Waals surface area contributed by atoms with Crippen molar-refractivity contribution in [2.75, 3.05) is 18.9 Å². The third-order valence-corrected chi connectivity index (χ3v) is 5.87. The van der Waals surface area contributed by atoms with E-state index in [4.69, 9.17) is 9.97 Å². The van der Waals surface area contributed by atoms with Crippen molar-refractivity contribution >= 4 is 33.7 Å².